The van der Waals surface area contributed by atoms with Crippen molar-refractivity contribution in [3.8, 4) is 0 Å². The van der Waals surface area contributed by atoms with Gasteiger partial charge in [0.2, 0.25) is 11.8 Å². The summed E-state index contributed by atoms with van der Waals surface area (Å²) in [5.74, 6) is 4.54. The molecule has 0 aliphatic carbocycles. The minimum atomic E-state index is -0.591. The number of carbonyl (C=O) groups excluding carboxylic acids is 2. The molecule has 1 saturated heterocycles. The second-order valence-electron chi connectivity index (χ2n) is 3.13. The minimum Gasteiger partial charge on any atom is -0.273 e. The predicted octanol–water partition coefficient (Wildman–Crippen LogP) is -0.355. The molecule has 0 aromatic heterocycles. The van der Waals surface area contributed by atoms with E-state index in [9.17, 15) is 9.59 Å². The van der Waals surface area contributed by atoms with Crippen LogP contribution in [0.25, 0.3) is 0 Å². The van der Waals surface area contributed by atoms with Crippen LogP contribution in [0, 0.1) is 5.41 Å². The van der Waals surface area contributed by atoms with E-state index in [1.807, 2.05) is 0 Å². The molecule has 0 bridgehead atoms. The normalized spacial score (nSPS) is 24.1. The lowest BCUT2D eigenvalue weighted by Gasteiger charge is -2.12. The molecule has 0 radical (unpaired) electrons. The van der Waals surface area contributed by atoms with Gasteiger partial charge in [-0.3, -0.25) is 9.59 Å². The van der Waals surface area contributed by atoms with E-state index < -0.39 is 5.41 Å². The average molecular weight is 142 g/mol. The molecule has 10 heavy (non-hydrogen) atoms. The largest absolute Gasteiger partial charge is 0.273 e. The van der Waals surface area contributed by atoms with Gasteiger partial charge < -0.3 is 0 Å². The summed E-state index contributed by atoms with van der Waals surface area (Å²) in [6.45, 7) is 3.42. The molecule has 0 unspecified atom stereocenters. The van der Waals surface area contributed by atoms with E-state index in [4.69, 9.17) is 5.84 Å². The molecule has 1 aliphatic heterocycles. The van der Waals surface area contributed by atoms with Crippen LogP contribution in [0.5, 0.6) is 0 Å². The van der Waals surface area contributed by atoms with Crippen LogP contribution in [0.4, 0.5) is 0 Å². The molecule has 1 heterocycles. The van der Waals surface area contributed by atoms with Crippen LogP contribution in [-0.4, -0.2) is 16.8 Å². The molecule has 0 aromatic rings. The third-order valence-electron chi connectivity index (χ3n) is 1.66. The average Bonchev–Trinajstić information content (AvgIpc) is 1.95. The Morgan fingerprint density at radius 2 is 2.00 bits per heavy atom. The fraction of sp³-hybridized carbons (Fsp3) is 0.667. The Labute approximate surface area is 59.0 Å². The first-order valence-electron chi connectivity index (χ1n) is 3.07. The first-order valence-corrected chi connectivity index (χ1v) is 3.07. The van der Waals surface area contributed by atoms with Crippen molar-refractivity contribution in [3.63, 3.8) is 0 Å². The van der Waals surface area contributed by atoms with Crippen LogP contribution in [0.15, 0.2) is 0 Å². The van der Waals surface area contributed by atoms with Crippen LogP contribution in [0.2, 0.25) is 0 Å². The van der Waals surface area contributed by atoms with E-state index in [1.54, 1.807) is 13.8 Å². The lowest BCUT2D eigenvalue weighted by atomic mass is 9.92. The molecular formula is C6H10N2O2. The highest BCUT2D eigenvalue weighted by molar-refractivity contribution is 6.04. The first-order chi connectivity index (χ1) is 4.45. The quantitative estimate of drug-likeness (QED) is 0.285. The zero-order valence-corrected chi connectivity index (χ0v) is 6.05. The SMILES string of the molecule is CC1(C)CC(=O)N(N)C1=O. The van der Waals surface area contributed by atoms with Crippen molar-refractivity contribution in [2.75, 3.05) is 0 Å². The van der Waals surface area contributed by atoms with E-state index >= 15 is 0 Å². The Kier molecular flexibility index (Phi) is 1.29. The highest BCUT2D eigenvalue weighted by Crippen LogP contribution is 2.29. The van der Waals surface area contributed by atoms with Gasteiger partial charge in [-0.15, -0.1) is 0 Å². The fourth-order valence-corrected chi connectivity index (χ4v) is 0.978. The zero-order valence-electron chi connectivity index (χ0n) is 6.05. The van der Waals surface area contributed by atoms with Crippen molar-refractivity contribution in [2.24, 2.45) is 11.3 Å². The molecule has 56 valence electrons. The van der Waals surface area contributed by atoms with Crippen molar-refractivity contribution in [1.29, 1.82) is 0 Å². The third-order valence-corrected chi connectivity index (χ3v) is 1.66. The van der Waals surface area contributed by atoms with Crippen LogP contribution < -0.4 is 5.84 Å². The highest BCUT2D eigenvalue weighted by Gasteiger charge is 2.43. The van der Waals surface area contributed by atoms with Gasteiger partial charge in [-0.05, 0) is 0 Å². The maximum absolute atomic E-state index is 11.0. The van der Waals surface area contributed by atoms with Crippen LogP contribution in [0.3, 0.4) is 0 Å². The van der Waals surface area contributed by atoms with E-state index in [1.165, 1.54) is 0 Å². The number of rotatable bonds is 0. The summed E-state index contributed by atoms with van der Waals surface area (Å²) in [5, 5.41) is 0.694. The molecule has 1 aliphatic rings. The number of nitrogens with two attached hydrogens (primary N) is 1. The van der Waals surface area contributed by atoms with Crippen molar-refractivity contribution in [3.05, 3.63) is 0 Å². The number of amides is 2. The standard InChI is InChI=1S/C6H10N2O2/c1-6(2)3-4(9)8(7)5(6)10/h3,7H2,1-2H3. The van der Waals surface area contributed by atoms with E-state index in [0.717, 1.165) is 0 Å². The van der Waals surface area contributed by atoms with Gasteiger partial charge in [-0.1, -0.05) is 13.8 Å². The molecule has 1 rings (SSSR count). The summed E-state index contributed by atoms with van der Waals surface area (Å²) in [6, 6.07) is 0. The summed E-state index contributed by atoms with van der Waals surface area (Å²) in [4.78, 5) is 21.8. The molecule has 4 nitrogen and oxygen atoms in total. The summed E-state index contributed by atoms with van der Waals surface area (Å²) in [5.41, 5.74) is -0.591. The smallest absolute Gasteiger partial charge is 0.249 e. The highest BCUT2D eigenvalue weighted by atomic mass is 16.2. The van der Waals surface area contributed by atoms with Crippen LogP contribution in [-0.2, 0) is 9.59 Å². The van der Waals surface area contributed by atoms with Gasteiger partial charge in [-0.25, -0.2) is 10.9 Å². The molecule has 2 amide bonds. The second kappa shape index (κ2) is 1.79. The first kappa shape index (κ1) is 7.21. The molecule has 0 atom stereocenters. The number of carbonyl (C=O) groups is 2. The van der Waals surface area contributed by atoms with Gasteiger partial charge in [0.25, 0.3) is 0 Å². The van der Waals surface area contributed by atoms with Crippen molar-refractivity contribution >= 4 is 11.8 Å². The van der Waals surface area contributed by atoms with Crippen molar-refractivity contribution < 1.29 is 9.59 Å². The van der Waals surface area contributed by atoms with Gasteiger partial charge in [-0.2, -0.15) is 0 Å². The summed E-state index contributed by atoms with van der Waals surface area (Å²) in [6.07, 6.45) is 0.225. The monoisotopic (exact) mass is 142 g/mol. The van der Waals surface area contributed by atoms with Gasteiger partial charge in [0.15, 0.2) is 0 Å². The Bertz CT molecular complexity index is 198. The second-order valence-corrected chi connectivity index (χ2v) is 3.13. The maximum Gasteiger partial charge on any atom is 0.249 e. The number of nitrogens with zero attached hydrogens (tertiary/aromatic N) is 1. The topological polar surface area (TPSA) is 63.4 Å². The van der Waals surface area contributed by atoms with Gasteiger partial charge >= 0.3 is 0 Å². The molecular weight excluding hydrogens is 132 g/mol. The predicted molar refractivity (Wildman–Crippen MR) is 34.4 cm³/mol. The van der Waals surface area contributed by atoms with E-state index in [0.29, 0.717) is 5.01 Å². The summed E-state index contributed by atoms with van der Waals surface area (Å²) in [7, 11) is 0. The maximum atomic E-state index is 11.0. The Balaban J connectivity index is 2.92. The number of hydrazine groups is 1. The van der Waals surface area contributed by atoms with Crippen LogP contribution >= 0.6 is 0 Å². The number of hydrogen-bond acceptors (Lipinski definition) is 3. The van der Waals surface area contributed by atoms with Gasteiger partial charge in [0.05, 0.1) is 5.41 Å². The van der Waals surface area contributed by atoms with Crippen molar-refractivity contribution in [2.45, 2.75) is 20.3 Å². The van der Waals surface area contributed by atoms with E-state index in [-0.39, 0.29) is 18.2 Å². The Morgan fingerprint density at radius 3 is 2.10 bits per heavy atom. The fourth-order valence-electron chi connectivity index (χ4n) is 0.978. The molecule has 0 aromatic carbocycles. The summed E-state index contributed by atoms with van der Waals surface area (Å²) >= 11 is 0. The lowest BCUT2D eigenvalue weighted by Crippen LogP contribution is -2.38. The lowest BCUT2D eigenvalue weighted by molar-refractivity contribution is -0.141. The third kappa shape index (κ3) is 0.806. The van der Waals surface area contributed by atoms with E-state index in [2.05, 4.69) is 0 Å². The van der Waals surface area contributed by atoms with Crippen LogP contribution in [0.1, 0.15) is 20.3 Å². The molecule has 2 N–H and O–H groups in total. The molecule has 0 spiro atoms. The molecule has 0 saturated carbocycles. The van der Waals surface area contributed by atoms with Crippen molar-refractivity contribution in [1.82, 2.24) is 5.01 Å². The number of hydrogen-bond donors (Lipinski definition) is 1. The number of imide groups is 1. The molecule has 4 heteroatoms. The Hall–Kier alpha value is -0.900. The van der Waals surface area contributed by atoms with Gasteiger partial charge in [0.1, 0.15) is 0 Å². The Morgan fingerprint density at radius 1 is 1.50 bits per heavy atom. The summed E-state index contributed by atoms with van der Waals surface area (Å²) < 4.78 is 0. The minimum absolute atomic E-state index is 0.225. The van der Waals surface area contributed by atoms with Gasteiger partial charge in [0, 0.05) is 6.42 Å². The molecule has 1 fully saturated rings. The zero-order chi connectivity index (χ0) is 7.94.